The standard InChI is InChI=1S/C13H14N4O/c1-8-5-11-10(6-14-8)13-12-9(7-18-16-12)3-2-4-17(13)15-11/h6-8H,2-5H2,1H3/i7D. The lowest BCUT2D eigenvalue weighted by molar-refractivity contribution is 0.418. The fourth-order valence-corrected chi connectivity index (χ4v) is 2.75. The van der Waals surface area contributed by atoms with Crippen molar-refractivity contribution in [3.05, 3.63) is 23.1 Å². The molecule has 0 fully saturated rings. The van der Waals surface area contributed by atoms with Crippen molar-refractivity contribution in [3.8, 4) is 11.4 Å². The number of fused-ring (bicyclic) bond motifs is 5. The van der Waals surface area contributed by atoms with Gasteiger partial charge in [0.25, 0.3) is 0 Å². The molecule has 1 atom stereocenters. The van der Waals surface area contributed by atoms with Gasteiger partial charge < -0.3 is 4.52 Å². The van der Waals surface area contributed by atoms with Gasteiger partial charge in [0, 0.05) is 30.3 Å². The normalized spacial score (nSPS) is 21.8. The topological polar surface area (TPSA) is 56.2 Å². The van der Waals surface area contributed by atoms with Gasteiger partial charge in [0.15, 0.2) is 0 Å². The summed E-state index contributed by atoms with van der Waals surface area (Å²) in [6, 6.07) is 0.287. The molecule has 0 radical (unpaired) electrons. The van der Waals surface area contributed by atoms with Gasteiger partial charge in [0.05, 0.1) is 17.4 Å². The Hall–Kier alpha value is -1.91. The first kappa shape index (κ1) is 9.08. The van der Waals surface area contributed by atoms with Crippen molar-refractivity contribution in [2.45, 2.75) is 38.8 Å². The molecular formula is C13H14N4O. The summed E-state index contributed by atoms with van der Waals surface area (Å²) in [6.07, 6.45) is 4.73. The molecule has 92 valence electrons. The monoisotopic (exact) mass is 243 g/mol. The molecule has 0 aliphatic carbocycles. The van der Waals surface area contributed by atoms with E-state index in [1.165, 1.54) is 0 Å². The molecule has 0 aromatic carbocycles. The highest BCUT2D eigenvalue weighted by Gasteiger charge is 2.27. The van der Waals surface area contributed by atoms with Gasteiger partial charge in [-0.25, -0.2) is 0 Å². The second kappa shape index (κ2) is 3.54. The molecule has 2 aromatic heterocycles. The highest BCUT2D eigenvalue weighted by atomic mass is 16.5. The number of nitrogens with zero attached hydrogens (tertiary/aromatic N) is 4. The fraction of sp³-hybridized carbons (Fsp3) is 0.462. The lowest BCUT2D eigenvalue weighted by Gasteiger charge is -2.10. The summed E-state index contributed by atoms with van der Waals surface area (Å²) < 4.78 is 14.8. The van der Waals surface area contributed by atoms with E-state index >= 15 is 0 Å². The van der Waals surface area contributed by atoms with Crippen molar-refractivity contribution in [1.82, 2.24) is 14.9 Å². The quantitative estimate of drug-likeness (QED) is 0.709. The molecule has 5 heteroatoms. The molecule has 2 aliphatic heterocycles. The zero-order valence-electron chi connectivity index (χ0n) is 11.2. The summed E-state index contributed by atoms with van der Waals surface area (Å²) in [6.45, 7) is 2.95. The van der Waals surface area contributed by atoms with E-state index in [-0.39, 0.29) is 12.3 Å². The zero-order chi connectivity index (χ0) is 13.0. The second-order valence-electron chi connectivity index (χ2n) is 4.98. The van der Waals surface area contributed by atoms with E-state index < -0.39 is 0 Å². The molecule has 1 unspecified atom stereocenters. The van der Waals surface area contributed by atoms with Gasteiger partial charge in [-0.3, -0.25) is 9.67 Å². The van der Waals surface area contributed by atoms with Crippen LogP contribution in [-0.4, -0.2) is 27.2 Å². The Labute approximate surface area is 106 Å². The maximum absolute atomic E-state index is 7.80. The van der Waals surface area contributed by atoms with Crippen LogP contribution in [0, 0.1) is 0 Å². The summed E-state index contributed by atoms with van der Waals surface area (Å²) in [5, 5.41) is 8.76. The van der Waals surface area contributed by atoms with Crippen LogP contribution in [-0.2, 0) is 19.4 Å². The van der Waals surface area contributed by atoms with Crippen molar-refractivity contribution in [1.29, 1.82) is 0 Å². The largest absolute Gasteiger partial charge is 0.364 e. The molecule has 0 saturated carbocycles. The van der Waals surface area contributed by atoms with Crippen LogP contribution in [0.1, 0.15) is 31.5 Å². The first-order valence-electron chi connectivity index (χ1n) is 6.82. The Bertz CT molecular complexity index is 685. The molecule has 0 saturated heterocycles. The van der Waals surface area contributed by atoms with Crippen LogP contribution in [0.2, 0.25) is 0 Å². The first-order chi connectivity index (χ1) is 9.24. The van der Waals surface area contributed by atoms with Crippen LogP contribution in [0.25, 0.3) is 11.4 Å². The molecule has 0 spiro atoms. The van der Waals surface area contributed by atoms with E-state index in [0.29, 0.717) is 0 Å². The van der Waals surface area contributed by atoms with Gasteiger partial charge >= 0.3 is 0 Å². The molecule has 0 bridgehead atoms. The summed E-state index contributed by atoms with van der Waals surface area (Å²) in [5.41, 5.74) is 4.78. The summed E-state index contributed by atoms with van der Waals surface area (Å²) in [7, 11) is 0. The molecule has 5 nitrogen and oxygen atoms in total. The van der Waals surface area contributed by atoms with Gasteiger partial charge in [-0.05, 0) is 19.8 Å². The van der Waals surface area contributed by atoms with Gasteiger partial charge in [-0.2, -0.15) is 5.10 Å². The lowest BCUT2D eigenvalue weighted by atomic mass is 10.0. The van der Waals surface area contributed by atoms with Crippen molar-refractivity contribution >= 4 is 6.21 Å². The fourth-order valence-electron chi connectivity index (χ4n) is 2.75. The minimum absolute atomic E-state index is 0.180. The van der Waals surface area contributed by atoms with E-state index in [0.717, 1.165) is 54.0 Å². The molecule has 4 heterocycles. The Morgan fingerprint density at radius 1 is 1.56 bits per heavy atom. The van der Waals surface area contributed by atoms with Crippen molar-refractivity contribution < 1.29 is 5.89 Å². The van der Waals surface area contributed by atoms with Crippen LogP contribution in [0.5, 0.6) is 0 Å². The van der Waals surface area contributed by atoms with E-state index in [4.69, 9.17) is 11.0 Å². The lowest BCUT2D eigenvalue weighted by Crippen LogP contribution is -2.11. The minimum atomic E-state index is 0.180. The second-order valence-corrected chi connectivity index (χ2v) is 4.98. The Morgan fingerprint density at radius 3 is 3.44 bits per heavy atom. The summed E-state index contributed by atoms with van der Waals surface area (Å²) in [4.78, 5) is 4.48. The molecule has 0 N–H and O–H groups in total. The number of hydrogen-bond donors (Lipinski definition) is 0. The Balaban J connectivity index is 1.98. The number of rotatable bonds is 0. The molecule has 2 aliphatic rings. The Morgan fingerprint density at radius 2 is 2.50 bits per heavy atom. The maximum atomic E-state index is 7.80. The van der Waals surface area contributed by atoms with Gasteiger partial charge in [-0.1, -0.05) is 5.16 Å². The predicted molar refractivity (Wildman–Crippen MR) is 66.8 cm³/mol. The van der Waals surface area contributed by atoms with E-state index in [1.54, 1.807) is 0 Å². The van der Waals surface area contributed by atoms with Gasteiger partial charge in [-0.15, -0.1) is 0 Å². The average molecular weight is 243 g/mol. The minimum Gasteiger partial charge on any atom is -0.364 e. The van der Waals surface area contributed by atoms with Crippen LogP contribution >= 0.6 is 0 Å². The average Bonchev–Trinajstić information content (AvgIpc) is 2.85. The third-order valence-electron chi connectivity index (χ3n) is 3.63. The molecule has 4 rings (SSSR count). The van der Waals surface area contributed by atoms with Gasteiger partial charge in [0.2, 0.25) is 0 Å². The number of aliphatic imine (C=N–C) groups is 1. The zero-order valence-corrected chi connectivity index (χ0v) is 10.2. The number of aromatic nitrogens is 3. The number of hydrogen-bond acceptors (Lipinski definition) is 4. The smallest absolute Gasteiger partial charge is 0.135 e. The van der Waals surface area contributed by atoms with Crippen LogP contribution in [0.3, 0.4) is 0 Å². The van der Waals surface area contributed by atoms with E-state index in [1.807, 2.05) is 10.9 Å². The van der Waals surface area contributed by atoms with Gasteiger partial charge in [0.1, 0.15) is 13.3 Å². The van der Waals surface area contributed by atoms with Crippen molar-refractivity contribution in [2.75, 3.05) is 0 Å². The van der Waals surface area contributed by atoms with Crippen molar-refractivity contribution in [2.24, 2.45) is 4.99 Å². The van der Waals surface area contributed by atoms with Crippen LogP contribution in [0.4, 0.5) is 0 Å². The summed E-state index contributed by atoms with van der Waals surface area (Å²) in [5.74, 6) is 0. The molecule has 0 amide bonds. The highest BCUT2D eigenvalue weighted by molar-refractivity contribution is 5.91. The maximum Gasteiger partial charge on any atom is 0.135 e. The molecule has 18 heavy (non-hydrogen) atoms. The van der Waals surface area contributed by atoms with Crippen LogP contribution < -0.4 is 0 Å². The number of aryl methyl sites for hydroxylation is 1. The molecular weight excluding hydrogens is 228 g/mol. The highest BCUT2D eigenvalue weighted by Crippen LogP contribution is 2.32. The SMILES string of the molecule is [2H]c1onc2c1CCCn1nc3c(c1-2)C=NC(C)C3. The Kier molecular flexibility index (Phi) is 1.79. The summed E-state index contributed by atoms with van der Waals surface area (Å²) >= 11 is 0. The van der Waals surface area contributed by atoms with Crippen molar-refractivity contribution in [3.63, 3.8) is 0 Å². The van der Waals surface area contributed by atoms with E-state index in [2.05, 4.69) is 17.1 Å². The molecule has 2 aromatic rings. The third kappa shape index (κ3) is 1.30. The van der Waals surface area contributed by atoms with Crippen LogP contribution in [0.15, 0.2) is 15.8 Å². The predicted octanol–water partition coefficient (Wildman–Crippen LogP) is 1.85. The van der Waals surface area contributed by atoms with E-state index in [9.17, 15) is 0 Å². The third-order valence-corrected chi connectivity index (χ3v) is 3.63. The first-order valence-corrected chi connectivity index (χ1v) is 6.32.